The van der Waals surface area contributed by atoms with Crippen LogP contribution in [0.3, 0.4) is 0 Å². The van der Waals surface area contributed by atoms with Crippen molar-refractivity contribution in [1.82, 2.24) is 10.6 Å². The van der Waals surface area contributed by atoms with E-state index >= 15 is 0 Å². The Morgan fingerprint density at radius 1 is 1.44 bits per heavy atom. The van der Waals surface area contributed by atoms with Gasteiger partial charge in [-0.3, -0.25) is 4.79 Å². The van der Waals surface area contributed by atoms with Crippen LogP contribution < -0.4 is 10.6 Å². The minimum Gasteiger partial charge on any atom is -0.366 e. The molecule has 1 fully saturated rings. The van der Waals surface area contributed by atoms with Crippen molar-refractivity contribution < 1.29 is 18.3 Å². The van der Waals surface area contributed by atoms with Gasteiger partial charge in [0.1, 0.15) is 6.10 Å². The van der Waals surface area contributed by atoms with Crippen molar-refractivity contribution in [2.75, 3.05) is 19.7 Å². The van der Waals surface area contributed by atoms with Crippen LogP contribution in [0.5, 0.6) is 0 Å². The minimum absolute atomic E-state index is 0.149. The molecule has 1 saturated heterocycles. The molecule has 1 unspecified atom stereocenters. The molecule has 18 heavy (non-hydrogen) atoms. The summed E-state index contributed by atoms with van der Waals surface area (Å²) in [6.45, 7) is 1.83. The van der Waals surface area contributed by atoms with Crippen LogP contribution in [0.15, 0.2) is 18.2 Å². The Hall–Kier alpha value is -1.53. The van der Waals surface area contributed by atoms with Crippen LogP contribution in [0.25, 0.3) is 0 Å². The summed E-state index contributed by atoms with van der Waals surface area (Å²) < 4.78 is 30.9. The van der Waals surface area contributed by atoms with Gasteiger partial charge in [-0.1, -0.05) is 6.07 Å². The van der Waals surface area contributed by atoms with Gasteiger partial charge in [0.05, 0.1) is 6.61 Å². The Balaban J connectivity index is 1.86. The van der Waals surface area contributed by atoms with E-state index in [4.69, 9.17) is 4.74 Å². The first-order chi connectivity index (χ1) is 8.66. The first kappa shape index (κ1) is 12.9. The molecular weight excluding hydrogens is 242 g/mol. The fourth-order valence-corrected chi connectivity index (χ4v) is 1.69. The van der Waals surface area contributed by atoms with E-state index < -0.39 is 17.7 Å². The number of morpholine rings is 1. The van der Waals surface area contributed by atoms with Gasteiger partial charge < -0.3 is 15.4 Å². The molecule has 4 nitrogen and oxygen atoms in total. The number of carbonyl (C=O) groups excluding carboxylic acids is 1. The van der Waals surface area contributed by atoms with Gasteiger partial charge in [-0.05, 0) is 17.7 Å². The predicted molar refractivity (Wildman–Crippen MR) is 60.8 cm³/mol. The molecule has 1 aliphatic rings. The van der Waals surface area contributed by atoms with Gasteiger partial charge in [-0.15, -0.1) is 0 Å². The van der Waals surface area contributed by atoms with Crippen molar-refractivity contribution in [1.29, 1.82) is 0 Å². The number of ether oxygens (including phenoxy) is 1. The summed E-state index contributed by atoms with van der Waals surface area (Å²) in [6, 6.07) is 3.53. The minimum atomic E-state index is -0.919. The maximum absolute atomic E-state index is 12.9. The molecular formula is C12H14F2N2O2. The summed E-state index contributed by atoms with van der Waals surface area (Å²) in [5.41, 5.74) is 0.506. The van der Waals surface area contributed by atoms with Crippen molar-refractivity contribution in [2.45, 2.75) is 12.6 Å². The number of benzene rings is 1. The smallest absolute Gasteiger partial charge is 0.250 e. The Morgan fingerprint density at radius 2 is 2.28 bits per heavy atom. The van der Waals surface area contributed by atoms with E-state index in [-0.39, 0.29) is 12.5 Å². The van der Waals surface area contributed by atoms with Gasteiger partial charge in [0.2, 0.25) is 0 Å². The summed E-state index contributed by atoms with van der Waals surface area (Å²) in [5.74, 6) is -2.07. The highest BCUT2D eigenvalue weighted by Gasteiger charge is 2.21. The molecule has 1 amide bonds. The van der Waals surface area contributed by atoms with E-state index in [2.05, 4.69) is 10.6 Å². The number of hydrogen-bond donors (Lipinski definition) is 2. The highest BCUT2D eigenvalue weighted by Crippen LogP contribution is 2.08. The lowest BCUT2D eigenvalue weighted by Crippen LogP contribution is -2.47. The van der Waals surface area contributed by atoms with Crippen molar-refractivity contribution in [3.8, 4) is 0 Å². The van der Waals surface area contributed by atoms with E-state index in [0.717, 1.165) is 18.7 Å². The van der Waals surface area contributed by atoms with E-state index in [9.17, 15) is 13.6 Å². The van der Waals surface area contributed by atoms with E-state index in [1.54, 1.807) is 0 Å². The lowest BCUT2D eigenvalue weighted by molar-refractivity contribution is -0.134. The Labute approximate surface area is 103 Å². The average Bonchev–Trinajstić information content (AvgIpc) is 2.41. The lowest BCUT2D eigenvalue weighted by Gasteiger charge is -2.22. The van der Waals surface area contributed by atoms with Gasteiger partial charge in [-0.2, -0.15) is 0 Å². The number of carbonyl (C=O) groups is 1. The Morgan fingerprint density at radius 3 is 2.94 bits per heavy atom. The molecule has 0 saturated carbocycles. The Kier molecular flexibility index (Phi) is 4.22. The fraction of sp³-hybridized carbons (Fsp3) is 0.417. The highest BCUT2D eigenvalue weighted by atomic mass is 19.2. The quantitative estimate of drug-likeness (QED) is 0.831. The number of halogens is 2. The summed E-state index contributed by atoms with van der Waals surface area (Å²) in [7, 11) is 0. The first-order valence-electron chi connectivity index (χ1n) is 5.71. The van der Waals surface area contributed by atoms with E-state index in [0.29, 0.717) is 18.7 Å². The summed E-state index contributed by atoms with van der Waals surface area (Å²) in [5, 5.41) is 5.66. The summed E-state index contributed by atoms with van der Waals surface area (Å²) in [4.78, 5) is 11.7. The zero-order chi connectivity index (χ0) is 13.0. The topological polar surface area (TPSA) is 50.4 Å². The van der Waals surface area contributed by atoms with Gasteiger partial charge >= 0.3 is 0 Å². The second-order valence-corrected chi connectivity index (χ2v) is 4.03. The van der Waals surface area contributed by atoms with Crippen LogP contribution in [-0.4, -0.2) is 31.7 Å². The molecule has 1 aliphatic heterocycles. The molecule has 1 aromatic rings. The molecule has 1 aromatic carbocycles. The molecule has 1 atom stereocenters. The average molecular weight is 256 g/mol. The van der Waals surface area contributed by atoms with E-state index in [1.807, 2.05) is 0 Å². The zero-order valence-corrected chi connectivity index (χ0v) is 9.71. The SMILES string of the molecule is O=C(NCc1ccc(F)c(F)c1)C1CNCCO1. The van der Waals surface area contributed by atoms with Crippen molar-refractivity contribution in [2.24, 2.45) is 0 Å². The van der Waals surface area contributed by atoms with Crippen molar-refractivity contribution in [3.05, 3.63) is 35.4 Å². The van der Waals surface area contributed by atoms with Crippen molar-refractivity contribution >= 4 is 5.91 Å². The number of rotatable bonds is 3. The third-order valence-electron chi connectivity index (χ3n) is 2.67. The first-order valence-corrected chi connectivity index (χ1v) is 5.71. The third-order valence-corrected chi connectivity index (χ3v) is 2.67. The molecule has 0 radical (unpaired) electrons. The molecule has 1 heterocycles. The van der Waals surface area contributed by atoms with Gasteiger partial charge in [0.15, 0.2) is 11.6 Å². The molecule has 2 N–H and O–H groups in total. The van der Waals surface area contributed by atoms with Crippen LogP contribution in [0.1, 0.15) is 5.56 Å². The maximum Gasteiger partial charge on any atom is 0.250 e. The summed E-state index contributed by atoms with van der Waals surface area (Å²) >= 11 is 0. The van der Waals surface area contributed by atoms with Crippen molar-refractivity contribution in [3.63, 3.8) is 0 Å². The summed E-state index contributed by atoms with van der Waals surface area (Å²) in [6.07, 6.45) is -0.524. The van der Waals surface area contributed by atoms with Crippen LogP contribution in [0.4, 0.5) is 8.78 Å². The molecule has 0 bridgehead atoms. The third kappa shape index (κ3) is 3.24. The number of amides is 1. The highest BCUT2D eigenvalue weighted by molar-refractivity contribution is 5.81. The van der Waals surface area contributed by atoms with Gasteiger partial charge in [-0.25, -0.2) is 8.78 Å². The standard InChI is InChI=1S/C12H14F2N2O2/c13-9-2-1-8(5-10(9)14)6-16-12(17)11-7-15-3-4-18-11/h1-2,5,11,15H,3-4,6-7H2,(H,16,17). The molecule has 0 aliphatic carbocycles. The van der Waals surface area contributed by atoms with E-state index in [1.165, 1.54) is 6.07 Å². The molecule has 0 spiro atoms. The molecule has 0 aromatic heterocycles. The normalized spacial score (nSPS) is 19.6. The van der Waals surface area contributed by atoms with Gasteiger partial charge in [0, 0.05) is 19.6 Å². The zero-order valence-electron chi connectivity index (χ0n) is 9.71. The van der Waals surface area contributed by atoms with Crippen LogP contribution in [0, 0.1) is 11.6 Å². The molecule has 6 heteroatoms. The predicted octanol–water partition coefficient (Wildman–Crippen LogP) is 0.569. The van der Waals surface area contributed by atoms with Crippen LogP contribution in [0.2, 0.25) is 0 Å². The van der Waals surface area contributed by atoms with Gasteiger partial charge in [0.25, 0.3) is 5.91 Å². The monoisotopic (exact) mass is 256 g/mol. The fourth-order valence-electron chi connectivity index (χ4n) is 1.69. The molecule has 2 rings (SSSR count). The largest absolute Gasteiger partial charge is 0.366 e. The maximum atomic E-state index is 12.9. The van der Waals surface area contributed by atoms with Crippen LogP contribution in [-0.2, 0) is 16.1 Å². The van der Waals surface area contributed by atoms with Crippen LogP contribution >= 0.6 is 0 Å². The second-order valence-electron chi connectivity index (χ2n) is 4.03. The molecule has 98 valence electrons. The second kappa shape index (κ2) is 5.88. The number of hydrogen-bond acceptors (Lipinski definition) is 3. The number of nitrogens with one attached hydrogen (secondary N) is 2. The Bertz CT molecular complexity index is 434. The lowest BCUT2D eigenvalue weighted by atomic mass is 10.2.